The van der Waals surface area contributed by atoms with Crippen LogP contribution in [0.5, 0.6) is 0 Å². The number of hydrogen-bond donors (Lipinski definition) is 9. The van der Waals surface area contributed by atoms with Gasteiger partial charge in [-0.05, 0) is 56.1 Å². The summed E-state index contributed by atoms with van der Waals surface area (Å²) in [5.74, 6) is -9.50. The normalized spacial score (nSPS) is 23.6. The van der Waals surface area contributed by atoms with E-state index in [1.165, 1.54) is 18.9 Å². The van der Waals surface area contributed by atoms with E-state index >= 15 is 4.79 Å². The number of nitrogens with zero attached hydrogens (tertiary/aromatic N) is 3. The Hall–Kier alpha value is -7.10. The van der Waals surface area contributed by atoms with Crippen molar-refractivity contribution in [3.63, 3.8) is 0 Å². The number of benzene rings is 2. The van der Waals surface area contributed by atoms with E-state index in [4.69, 9.17) is 16.2 Å². The van der Waals surface area contributed by atoms with Gasteiger partial charge in [0.25, 0.3) is 0 Å². The summed E-state index contributed by atoms with van der Waals surface area (Å²) < 4.78 is 5.88. The van der Waals surface area contributed by atoms with Crippen molar-refractivity contribution in [2.45, 2.75) is 179 Å². The van der Waals surface area contributed by atoms with Crippen LogP contribution >= 0.6 is 0 Å². The maximum Gasteiger partial charge on any atom is 0.329 e. The van der Waals surface area contributed by atoms with Crippen LogP contribution < -0.4 is 38.1 Å². The minimum Gasteiger partial charge on any atom is -0.481 e. The smallest absolute Gasteiger partial charge is 0.329 e. The number of ether oxygens (including phenoxy) is 1. The van der Waals surface area contributed by atoms with Crippen molar-refractivity contribution >= 4 is 59.2 Å². The summed E-state index contributed by atoms with van der Waals surface area (Å²) in [5.41, 5.74) is 12.3. The van der Waals surface area contributed by atoms with Gasteiger partial charge in [0.05, 0.1) is 6.42 Å². The number of aliphatic imine (C=N–C) groups is 1. The molecule has 2 aromatic carbocycles. The number of likely N-dealkylation sites (N-methyl/N-ethyl adjacent to an activating group) is 1. The minimum atomic E-state index is -1.87. The molecule has 0 aliphatic carbocycles. The first-order chi connectivity index (χ1) is 35.7. The first kappa shape index (κ1) is 60.5. The third-order valence-corrected chi connectivity index (χ3v) is 13.4. The topological polar surface area (TPSA) is 334 Å². The number of rotatable bonds is 22. The Kier molecular flexibility index (Phi) is 24.4. The van der Waals surface area contributed by atoms with Crippen molar-refractivity contribution < 1.29 is 58.1 Å². The number of carboxylic acids is 1. The van der Waals surface area contributed by atoms with E-state index in [9.17, 15) is 48.6 Å². The van der Waals surface area contributed by atoms with E-state index in [2.05, 4.69) is 38.5 Å². The molecular weight excluding hydrogens is 969 g/mol. The monoisotopic (exact) mass is 1050 g/mol. The van der Waals surface area contributed by atoms with Crippen LogP contribution in [0.1, 0.15) is 122 Å². The molecule has 22 heteroatoms. The molecule has 0 aromatic heterocycles. The van der Waals surface area contributed by atoms with Gasteiger partial charge in [0.1, 0.15) is 54.6 Å². The third kappa shape index (κ3) is 19.0. The van der Waals surface area contributed by atoms with Crippen LogP contribution in [0.3, 0.4) is 0 Å². The molecular formula is C53H78N10O12. The van der Waals surface area contributed by atoms with Crippen LogP contribution in [-0.4, -0.2) is 147 Å². The highest BCUT2D eigenvalue weighted by Crippen LogP contribution is 2.25. The van der Waals surface area contributed by atoms with Gasteiger partial charge in [0.15, 0.2) is 5.96 Å². The van der Waals surface area contributed by atoms with Crippen LogP contribution in [0.4, 0.5) is 0 Å². The molecule has 2 aliphatic rings. The maximum atomic E-state index is 15.1. The molecule has 2 aliphatic heterocycles. The van der Waals surface area contributed by atoms with Crippen molar-refractivity contribution in [2.24, 2.45) is 22.4 Å². The van der Waals surface area contributed by atoms with Gasteiger partial charge >= 0.3 is 11.9 Å². The number of cyclic esters (lactones) is 1. The molecule has 75 heavy (non-hydrogen) atoms. The van der Waals surface area contributed by atoms with Crippen LogP contribution in [0, 0.1) is 5.92 Å². The lowest BCUT2D eigenvalue weighted by atomic mass is 9.95. The first-order valence-electron chi connectivity index (χ1n) is 26.0. The second kappa shape index (κ2) is 30.3. The molecule has 7 amide bonds. The second-order valence-electron chi connectivity index (χ2n) is 19.7. The summed E-state index contributed by atoms with van der Waals surface area (Å²) in [6.07, 6.45) is 1.94. The fourth-order valence-electron chi connectivity index (χ4n) is 9.09. The predicted molar refractivity (Wildman–Crippen MR) is 278 cm³/mol. The Morgan fingerprint density at radius 1 is 0.787 bits per heavy atom. The number of carbonyl (C=O) groups excluding carboxylic acids is 8. The Balaban J connectivity index is 1.81. The number of guanidine groups is 1. The highest BCUT2D eigenvalue weighted by Gasteiger charge is 2.46. The number of unbranched alkanes of at least 4 members (excludes halogenated alkanes) is 6. The molecule has 2 saturated heterocycles. The number of carboxylic acid groups (broad SMARTS) is 1. The second-order valence-corrected chi connectivity index (χ2v) is 19.7. The summed E-state index contributed by atoms with van der Waals surface area (Å²) in [6, 6.07) is 6.91. The lowest BCUT2D eigenvalue weighted by molar-refractivity contribution is -0.165. The summed E-state index contributed by atoms with van der Waals surface area (Å²) in [4.78, 5) is 133. The lowest BCUT2D eigenvalue weighted by Gasteiger charge is -2.43. The van der Waals surface area contributed by atoms with Gasteiger partial charge in [0, 0.05) is 32.9 Å². The van der Waals surface area contributed by atoms with Gasteiger partial charge in [-0.3, -0.25) is 43.3 Å². The summed E-state index contributed by atoms with van der Waals surface area (Å²) in [5, 5.41) is 34.4. The number of aliphatic carboxylic acids is 1. The zero-order valence-electron chi connectivity index (χ0n) is 43.8. The zero-order valence-corrected chi connectivity index (χ0v) is 43.8. The van der Waals surface area contributed by atoms with Gasteiger partial charge in [-0.25, -0.2) is 4.79 Å². The third-order valence-electron chi connectivity index (χ3n) is 13.4. The molecule has 9 unspecified atom stereocenters. The Morgan fingerprint density at radius 3 is 1.97 bits per heavy atom. The van der Waals surface area contributed by atoms with E-state index < -0.39 is 120 Å². The quantitative estimate of drug-likeness (QED) is 0.0348. The molecule has 2 bridgehead atoms. The van der Waals surface area contributed by atoms with Crippen LogP contribution in [-0.2, 0) is 60.7 Å². The van der Waals surface area contributed by atoms with Crippen molar-refractivity contribution in [1.82, 2.24) is 36.4 Å². The number of carbonyl (C=O) groups is 9. The molecule has 0 radical (unpaired) electrons. The highest BCUT2D eigenvalue weighted by atomic mass is 16.5. The van der Waals surface area contributed by atoms with E-state index in [1.54, 1.807) is 74.5 Å². The Bertz CT molecular complexity index is 2280. The fraction of sp³-hybridized carbons (Fsp3) is 0.585. The van der Waals surface area contributed by atoms with Gasteiger partial charge in [0.2, 0.25) is 41.4 Å². The van der Waals surface area contributed by atoms with Crippen molar-refractivity contribution in [3.8, 4) is 0 Å². The summed E-state index contributed by atoms with van der Waals surface area (Å²) >= 11 is 0. The molecule has 2 fully saturated rings. The summed E-state index contributed by atoms with van der Waals surface area (Å²) in [6.45, 7) is 6.60. The number of esters is 1. The maximum absolute atomic E-state index is 15.1. The molecule has 11 N–H and O–H groups in total. The fourth-order valence-corrected chi connectivity index (χ4v) is 9.09. The number of nitrogens with one attached hydrogen (secondary N) is 5. The van der Waals surface area contributed by atoms with E-state index in [1.807, 2.05) is 0 Å². The Labute approximate surface area is 438 Å². The SMILES string of the molecule is CCCCCCCCCC(=O)NC(CC(=O)O)C(=O)NC1C(=O)NC(CCCN=C(N)N)C(=O)NC2CCC(O)N(C2=O)C(Cc2ccccc2)C(=O)N(C)C(Cc2ccccc2)C(=O)NC(C(C)C)C(=O)OC1C. The molecule has 0 spiro atoms. The number of amides is 7. The molecule has 4 rings (SSSR count). The van der Waals surface area contributed by atoms with Crippen LogP contribution in [0.25, 0.3) is 0 Å². The average molecular weight is 1050 g/mol. The molecule has 412 valence electrons. The van der Waals surface area contributed by atoms with Crippen molar-refractivity contribution in [3.05, 3.63) is 71.8 Å². The van der Waals surface area contributed by atoms with Crippen LogP contribution in [0.15, 0.2) is 65.7 Å². The number of piperidine rings is 1. The number of hydrogen-bond acceptors (Lipinski definition) is 12. The Morgan fingerprint density at radius 2 is 1.39 bits per heavy atom. The number of fused-ring (bicyclic) bond motifs is 2. The average Bonchev–Trinajstić information content (AvgIpc) is 3.36. The van der Waals surface area contributed by atoms with Gasteiger partial charge in [-0.1, -0.05) is 120 Å². The molecule has 2 heterocycles. The van der Waals surface area contributed by atoms with Crippen molar-refractivity contribution in [2.75, 3.05) is 13.6 Å². The number of nitrogens with two attached hydrogens (primary N) is 2. The largest absolute Gasteiger partial charge is 0.481 e. The molecule has 2 aromatic rings. The first-order valence-corrected chi connectivity index (χ1v) is 26.0. The minimum absolute atomic E-state index is 0.00170. The van der Waals surface area contributed by atoms with E-state index in [0.29, 0.717) is 17.5 Å². The molecule has 9 atom stereocenters. The lowest BCUT2D eigenvalue weighted by Crippen LogP contribution is -2.65. The zero-order chi connectivity index (χ0) is 55.2. The van der Waals surface area contributed by atoms with Gasteiger partial charge < -0.3 is 62.8 Å². The predicted octanol–water partition coefficient (Wildman–Crippen LogP) is 1.30. The number of aliphatic hydroxyl groups excluding tert-OH is 1. The van der Waals surface area contributed by atoms with Crippen LogP contribution in [0.2, 0.25) is 0 Å². The van der Waals surface area contributed by atoms with E-state index in [0.717, 1.165) is 43.4 Å². The van der Waals surface area contributed by atoms with Gasteiger partial charge in [-0.2, -0.15) is 0 Å². The molecule has 22 nitrogen and oxygen atoms in total. The highest BCUT2D eigenvalue weighted by molar-refractivity contribution is 5.99. The standard InChI is InChI=1S/C53H78N10O12/c1-6-7-8-9-10-11-18-25-41(64)57-38(31-43(66)67)47(69)61-45-33(4)75-52(74)44(32(2)3)60-48(70)39(29-34-20-14-12-15-21-34)62(5)51(73)40(30-35-22-16-13-17-23-35)63-42(65)27-26-37(50(63)72)59-46(68)36(58-49(45)71)24-19-28-56-53(54)55/h12-17,20-23,32-33,36-40,42,44-45,65H,6-11,18-19,24-31H2,1-5H3,(H,57,64)(H,58,71)(H,59,68)(H,60,70)(H,61,69)(H,66,67)(H4,54,55,56). The number of aliphatic hydroxyl groups is 1. The van der Waals surface area contributed by atoms with Crippen molar-refractivity contribution in [1.29, 1.82) is 0 Å². The molecule has 0 saturated carbocycles. The van der Waals surface area contributed by atoms with Gasteiger partial charge in [-0.15, -0.1) is 0 Å². The van der Waals surface area contributed by atoms with E-state index in [-0.39, 0.29) is 57.5 Å². The summed E-state index contributed by atoms with van der Waals surface area (Å²) in [7, 11) is 1.38.